The van der Waals surface area contributed by atoms with E-state index in [4.69, 9.17) is 14.3 Å². The minimum atomic E-state index is -3.79. The molecule has 0 aliphatic carbocycles. The first-order valence-electron chi connectivity index (χ1n) is 8.07. The summed E-state index contributed by atoms with van der Waals surface area (Å²) in [5.74, 6) is -0.457. The molecule has 28 heavy (non-hydrogen) atoms. The van der Waals surface area contributed by atoms with E-state index in [1.165, 1.54) is 16.2 Å². The van der Waals surface area contributed by atoms with E-state index in [2.05, 4.69) is 5.32 Å². The fraction of sp³-hybridized carbons (Fsp3) is 0.235. The van der Waals surface area contributed by atoms with Crippen LogP contribution in [-0.4, -0.2) is 44.8 Å². The molecular weight excluding hydrogens is 406 g/mol. The fourth-order valence-electron chi connectivity index (χ4n) is 2.60. The number of anilines is 1. The van der Waals surface area contributed by atoms with Crippen molar-refractivity contribution in [3.63, 3.8) is 0 Å². The van der Waals surface area contributed by atoms with Crippen LogP contribution in [-0.2, 0) is 19.0 Å². The minimum absolute atomic E-state index is 0.0831. The third kappa shape index (κ3) is 4.38. The lowest BCUT2D eigenvalue weighted by Crippen LogP contribution is -2.36. The molecule has 2 amide bonds. The summed E-state index contributed by atoms with van der Waals surface area (Å²) in [6, 6.07) is 9.00. The Morgan fingerprint density at radius 3 is 2.54 bits per heavy atom. The van der Waals surface area contributed by atoms with Crippen LogP contribution < -0.4 is 10.2 Å². The van der Waals surface area contributed by atoms with Crippen molar-refractivity contribution in [2.75, 3.05) is 11.2 Å². The summed E-state index contributed by atoms with van der Waals surface area (Å²) in [6.07, 6.45) is -1.11. The Bertz CT molecular complexity index is 1000. The van der Waals surface area contributed by atoms with Crippen LogP contribution >= 0.6 is 11.3 Å². The molecule has 2 heterocycles. The van der Waals surface area contributed by atoms with Crippen molar-refractivity contribution in [2.45, 2.75) is 19.3 Å². The van der Waals surface area contributed by atoms with Gasteiger partial charge in [-0.25, -0.2) is 8.98 Å². The monoisotopic (exact) mass is 423 g/mol. The van der Waals surface area contributed by atoms with Gasteiger partial charge in [0.05, 0.1) is 11.1 Å². The van der Waals surface area contributed by atoms with Crippen LogP contribution in [0.3, 0.4) is 0 Å². The molecule has 2 atom stereocenters. The van der Waals surface area contributed by atoms with Crippen LogP contribution in [0.25, 0.3) is 0 Å². The number of carbonyl (C=O) groups is 2. The van der Waals surface area contributed by atoms with Gasteiger partial charge in [0.1, 0.15) is 11.9 Å². The van der Waals surface area contributed by atoms with E-state index >= 15 is 0 Å². The maximum Gasteiger partial charge on any atom is 0.417 e. The quantitative estimate of drug-likeness (QED) is 0.431. The van der Waals surface area contributed by atoms with Crippen molar-refractivity contribution in [3.8, 4) is 0 Å². The Morgan fingerprint density at radius 1 is 1.29 bits per heavy atom. The van der Waals surface area contributed by atoms with Gasteiger partial charge < -0.3 is 10.1 Å². The number of amides is 2. The van der Waals surface area contributed by atoms with Crippen LogP contribution in [0.1, 0.15) is 22.2 Å². The lowest BCUT2D eigenvalue weighted by Gasteiger charge is -2.20. The molecule has 0 bridgehead atoms. The molecule has 0 spiro atoms. The zero-order valence-electron chi connectivity index (χ0n) is 14.9. The van der Waals surface area contributed by atoms with Crippen LogP contribution in [0, 0.1) is 5.41 Å². The molecule has 0 saturated carbocycles. The smallest absolute Gasteiger partial charge is 0.416 e. The molecule has 1 fully saturated rings. The first-order chi connectivity index (χ1) is 13.2. The summed E-state index contributed by atoms with van der Waals surface area (Å²) in [5, 5.41) is 12.3. The largest absolute Gasteiger partial charge is 0.417 e. The normalized spacial score (nSPS) is 19.4. The van der Waals surface area contributed by atoms with Gasteiger partial charge in [-0.1, -0.05) is 6.07 Å². The average molecular weight is 423 g/mol. The molecule has 1 aromatic carbocycles. The van der Waals surface area contributed by atoms with E-state index in [0.29, 0.717) is 16.1 Å². The number of ether oxygens (including phenoxy) is 1. The van der Waals surface area contributed by atoms with Crippen molar-refractivity contribution in [3.05, 3.63) is 52.2 Å². The molecular formula is C17H17N3O6S2. The fourth-order valence-corrected chi connectivity index (χ4v) is 3.76. The van der Waals surface area contributed by atoms with Crippen LogP contribution in [0.5, 0.6) is 0 Å². The van der Waals surface area contributed by atoms with E-state index in [1.807, 2.05) is 0 Å². The summed E-state index contributed by atoms with van der Waals surface area (Å²) in [6.45, 7) is 1.60. The molecule has 1 aromatic heterocycles. The summed E-state index contributed by atoms with van der Waals surface area (Å²) in [5.41, 5.74) is 0.885. The Balaban J connectivity index is 1.71. The Kier molecular flexibility index (Phi) is 5.49. The Hall–Kier alpha value is -2.76. The van der Waals surface area contributed by atoms with Gasteiger partial charge in [-0.05, 0) is 42.6 Å². The van der Waals surface area contributed by atoms with Gasteiger partial charge in [-0.15, -0.1) is 11.3 Å². The maximum absolute atomic E-state index is 12.1. The van der Waals surface area contributed by atoms with Gasteiger partial charge in [-0.2, -0.15) is 8.42 Å². The molecule has 2 N–H and O–H groups in total. The Morgan fingerprint density at radius 2 is 1.96 bits per heavy atom. The summed E-state index contributed by atoms with van der Waals surface area (Å²) in [7, 11) is -3.79. The number of hydrogen-bond donors (Lipinski definition) is 2. The van der Waals surface area contributed by atoms with Gasteiger partial charge in [-0.3, -0.25) is 15.1 Å². The second kappa shape index (κ2) is 7.70. The molecule has 148 valence electrons. The highest BCUT2D eigenvalue weighted by atomic mass is 32.2. The van der Waals surface area contributed by atoms with Gasteiger partial charge in [0.2, 0.25) is 6.29 Å². The molecule has 3 rings (SSSR count). The van der Waals surface area contributed by atoms with E-state index < -0.39 is 28.5 Å². The second-order valence-corrected chi connectivity index (χ2v) is 8.56. The predicted molar refractivity (Wildman–Crippen MR) is 103 cm³/mol. The topological polar surface area (TPSA) is 126 Å². The highest BCUT2D eigenvalue weighted by molar-refractivity contribution is 7.86. The second-order valence-electron chi connectivity index (χ2n) is 6.02. The Labute approximate surface area is 165 Å². The molecule has 11 heteroatoms. The van der Waals surface area contributed by atoms with Crippen molar-refractivity contribution < 1.29 is 26.9 Å². The third-order valence-electron chi connectivity index (χ3n) is 3.90. The lowest BCUT2D eigenvalue weighted by atomic mass is 10.1. The zero-order valence-corrected chi connectivity index (χ0v) is 16.5. The van der Waals surface area contributed by atoms with Crippen molar-refractivity contribution in [2.24, 2.45) is 0 Å². The molecule has 2 unspecified atom stereocenters. The van der Waals surface area contributed by atoms with E-state index in [1.54, 1.807) is 48.7 Å². The number of amidine groups is 1. The number of benzene rings is 1. The maximum atomic E-state index is 12.1. The molecule has 0 radical (unpaired) electrons. The molecule has 1 aliphatic heterocycles. The predicted octanol–water partition coefficient (Wildman–Crippen LogP) is 2.15. The highest BCUT2D eigenvalue weighted by Crippen LogP contribution is 2.28. The summed E-state index contributed by atoms with van der Waals surface area (Å²) in [4.78, 5) is 25.9. The number of carbonyl (C=O) groups excluding carboxylic acids is 2. The van der Waals surface area contributed by atoms with Crippen LogP contribution in [0.15, 0.2) is 41.8 Å². The van der Waals surface area contributed by atoms with Crippen molar-refractivity contribution in [1.82, 2.24) is 5.32 Å². The number of nitrogens with one attached hydrogen (secondary N) is 2. The van der Waals surface area contributed by atoms with Crippen molar-refractivity contribution >= 4 is 45.0 Å². The third-order valence-corrected chi connectivity index (χ3v) is 5.31. The number of cyclic esters (lactones) is 1. The number of nitrogens with zero attached hydrogens (tertiary/aromatic N) is 1. The van der Waals surface area contributed by atoms with Gasteiger partial charge in [0.25, 0.3) is 16.0 Å². The number of thiophene rings is 1. The van der Waals surface area contributed by atoms with E-state index in [9.17, 15) is 18.0 Å². The molecule has 2 aromatic rings. The first-order valence-corrected chi connectivity index (χ1v) is 10.8. The standard InChI is InChI=1S/C17H17N3O6S2/c1-10-16(26-28(2,23)24)25-17(22)20(10)12-7-5-11(6-8-12)14(18)19-15(21)13-4-3-9-27-13/h3-10,16H,1-2H3,(H2,18,19,21). The summed E-state index contributed by atoms with van der Waals surface area (Å²) < 4.78 is 32.3. The number of rotatable bonds is 5. The van der Waals surface area contributed by atoms with E-state index in [0.717, 1.165) is 6.26 Å². The molecule has 9 nitrogen and oxygen atoms in total. The highest BCUT2D eigenvalue weighted by Gasteiger charge is 2.42. The minimum Gasteiger partial charge on any atom is -0.416 e. The molecule has 1 saturated heterocycles. The summed E-state index contributed by atoms with van der Waals surface area (Å²) >= 11 is 1.27. The molecule has 1 aliphatic rings. The lowest BCUT2D eigenvalue weighted by molar-refractivity contribution is -0.00472. The van der Waals surface area contributed by atoms with Crippen LogP contribution in [0.4, 0.5) is 10.5 Å². The van der Waals surface area contributed by atoms with Crippen LogP contribution in [0.2, 0.25) is 0 Å². The number of hydrogen-bond acceptors (Lipinski definition) is 8. The van der Waals surface area contributed by atoms with Gasteiger partial charge in [0.15, 0.2) is 0 Å². The zero-order chi connectivity index (χ0) is 20.5. The first kappa shape index (κ1) is 20.0. The van der Waals surface area contributed by atoms with Crippen molar-refractivity contribution in [1.29, 1.82) is 5.41 Å². The van der Waals surface area contributed by atoms with Gasteiger partial charge >= 0.3 is 6.09 Å². The van der Waals surface area contributed by atoms with Gasteiger partial charge in [0, 0.05) is 11.3 Å². The van der Waals surface area contributed by atoms with E-state index in [-0.39, 0.29) is 11.7 Å². The SMILES string of the molecule is CC1C(OS(C)(=O)=O)OC(=O)N1c1ccc(C(=N)NC(=O)c2cccs2)cc1. The average Bonchev–Trinajstić information content (AvgIpc) is 3.23.